The number of rotatable bonds is 4. The molecule has 10 heavy (non-hydrogen) atoms. The summed E-state index contributed by atoms with van der Waals surface area (Å²) in [6.45, 7) is 1.49. The first kappa shape index (κ1) is 8.28. The normalized spacial score (nSPS) is 10.1. The monoisotopic (exact) mass is 271 g/mol. The predicted octanol–water partition coefficient (Wildman–Crippen LogP) is 1.29. The summed E-state index contributed by atoms with van der Waals surface area (Å²) in [5.74, 6) is 0. The van der Waals surface area contributed by atoms with Gasteiger partial charge in [0.15, 0.2) is 0 Å². The maximum Gasteiger partial charge on any atom is 0.119 e. The van der Waals surface area contributed by atoms with E-state index >= 15 is 0 Å². The van der Waals surface area contributed by atoms with Crippen LogP contribution in [0.5, 0.6) is 0 Å². The molecule has 0 amide bonds. The van der Waals surface area contributed by atoms with E-state index in [1.807, 2.05) is 4.57 Å². The molecule has 1 rings (SSSR count). The average molecular weight is 271 g/mol. The minimum absolute atomic E-state index is 0.686. The van der Waals surface area contributed by atoms with Gasteiger partial charge in [-0.05, 0) is 0 Å². The highest BCUT2D eigenvalue weighted by molar-refractivity contribution is 14.2. The summed E-state index contributed by atoms with van der Waals surface area (Å²) in [5.41, 5.74) is 0. The second-order valence-corrected chi connectivity index (χ2v) is 3.03. The standard InChI is InChI=1S/C4H6IN3OS/c5-10-9-2-1-8-3-6-7-4-8/h3-4H,1-2H2. The quantitative estimate of drug-likeness (QED) is 0.470. The SMILES string of the molecule is ISOCCn1cnnc1. The van der Waals surface area contributed by atoms with E-state index in [2.05, 4.69) is 31.4 Å². The Balaban J connectivity index is 2.15. The number of halogens is 1. The molecule has 6 heteroatoms. The minimum Gasteiger partial charge on any atom is -0.318 e. The number of hydrogen-bond donors (Lipinski definition) is 0. The Kier molecular flexibility index (Phi) is 4.07. The van der Waals surface area contributed by atoms with Crippen molar-refractivity contribution in [3.05, 3.63) is 12.7 Å². The van der Waals surface area contributed by atoms with Crippen molar-refractivity contribution in [3.8, 4) is 0 Å². The lowest BCUT2D eigenvalue weighted by molar-refractivity contribution is 0.353. The molecule has 0 aromatic carbocycles. The van der Waals surface area contributed by atoms with E-state index in [4.69, 9.17) is 4.18 Å². The molecule has 56 valence electrons. The Morgan fingerprint density at radius 1 is 1.50 bits per heavy atom. The van der Waals surface area contributed by atoms with Crippen LogP contribution in [0.4, 0.5) is 0 Å². The second kappa shape index (κ2) is 4.91. The first-order valence-electron chi connectivity index (χ1n) is 2.66. The van der Waals surface area contributed by atoms with E-state index in [-0.39, 0.29) is 0 Å². The van der Waals surface area contributed by atoms with Crippen LogP contribution in [-0.2, 0) is 10.7 Å². The number of hydrogen-bond acceptors (Lipinski definition) is 4. The van der Waals surface area contributed by atoms with Crippen LogP contribution in [0, 0.1) is 0 Å². The van der Waals surface area contributed by atoms with Gasteiger partial charge < -0.3 is 8.75 Å². The van der Waals surface area contributed by atoms with Crippen molar-refractivity contribution in [1.29, 1.82) is 0 Å². The molecule has 0 fully saturated rings. The van der Waals surface area contributed by atoms with E-state index < -0.39 is 0 Å². The van der Waals surface area contributed by atoms with Crippen molar-refractivity contribution < 1.29 is 4.18 Å². The fourth-order valence-corrected chi connectivity index (χ4v) is 1.19. The third-order valence-electron chi connectivity index (χ3n) is 0.944. The Hall–Kier alpha value is 0.180. The van der Waals surface area contributed by atoms with Gasteiger partial charge in [-0.1, -0.05) is 0 Å². The smallest absolute Gasteiger partial charge is 0.119 e. The molecule has 1 aromatic heterocycles. The van der Waals surface area contributed by atoms with Gasteiger partial charge in [0.1, 0.15) is 12.7 Å². The lowest BCUT2D eigenvalue weighted by Crippen LogP contribution is -1.99. The van der Waals surface area contributed by atoms with Crippen LogP contribution >= 0.6 is 30.4 Å². The lowest BCUT2D eigenvalue weighted by atomic mass is 10.7. The maximum atomic E-state index is 5.03. The van der Waals surface area contributed by atoms with Crippen LogP contribution in [-0.4, -0.2) is 21.4 Å². The first-order chi connectivity index (χ1) is 4.93. The zero-order valence-corrected chi connectivity index (χ0v) is 8.08. The van der Waals surface area contributed by atoms with Crippen LogP contribution in [0.2, 0.25) is 0 Å². The van der Waals surface area contributed by atoms with Crippen LogP contribution in [0.25, 0.3) is 0 Å². The van der Waals surface area contributed by atoms with Gasteiger partial charge in [0.2, 0.25) is 0 Å². The summed E-state index contributed by atoms with van der Waals surface area (Å²) in [5, 5.41) is 7.30. The molecule has 0 aliphatic heterocycles. The van der Waals surface area contributed by atoms with Crippen molar-refractivity contribution in [2.45, 2.75) is 6.54 Å². The molecule has 0 atom stereocenters. The molecular formula is C4H6IN3OS. The third-order valence-corrected chi connectivity index (χ3v) is 1.96. The predicted molar refractivity (Wildman–Crippen MR) is 47.6 cm³/mol. The summed E-state index contributed by atoms with van der Waals surface area (Å²) in [7, 11) is 1.34. The van der Waals surface area contributed by atoms with Crippen molar-refractivity contribution in [1.82, 2.24) is 14.8 Å². The van der Waals surface area contributed by atoms with Gasteiger partial charge >= 0.3 is 0 Å². The molecule has 0 spiro atoms. The fraction of sp³-hybridized carbons (Fsp3) is 0.500. The van der Waals surface area contributed by atoms with E-state index in [0.717, 1.165) is 6.54 Å². The maximum absolute atomic E-state index is 5.03. The van der Waals surface area contributed by atoms with Crippen LogP contribution < -0.4 is 0 Å². The fourth-order valence-electron chi connectivity index (χ4n) is 0.512. The third kappa shape index (κ3) is 2.84. The highest BCUT2D eigenvalue weighted by Crippen LogP contribution is 2.11. The van der Waals surface area contributed by atoms with Crippen LogP contribution in [0.1, 0.15) is 0 Å². The Morgan fingerprint density at radius 3 is 2.80 bits per heavy atom. The molecule has 4 nitrogen and oxygen atoms in total. The van der Waals surface area contributed by atoms with E-state index in [1.165, 1.54) is 9.21 Å². The molecule has 0 saturated carbocycles. The lowest BCUT2D eigenvalue weighted by Gasteiger charge is -1.97. The molecule has 0 unspecified atom stereocenters. The Morgan fingerprint density at radius 2 is 2.20 bits per heavy atom. The van der Waals surface area contributed by atoms with Gasteiger partial charge in [-0.15, -0.1) is 10.2 Å². The Labute approximate surface area is 75.1 Å². The molecule has 1 heterocycles. The highest BCUT2D eigenvalue weighted by Gasteiger charge is 1.89. The molecule has 0 N–H and O–H groups in total. The summed E-state index contributed by atoms with van der Waals surface area (Å²) in [6.07, 6.45) is 3.34. The van der Waals surface area contributed by atoms with E-state index in [9.17, 15) is 0 Å². The topological polar surface area (TPSA) is 39.9 Å². The summed E-state index contributed by atoms with van der Waals surface area (Å²) in [4.78, 5) is 0. The molecular weight excluding hydrogens is 265 g/mol. The largest absolute Gasteiger partial charge is 0.318 e. The summed E-state index contributed by atoms with van der Waals surface area (Å²) in [6, 6.07) is 0. The summed E-state index contributed by atoms with van der Waals surface area (Å²) < 4.78 is 6.90. The first-order valence-corrected chi connectivity index (χ1v) is 5.94. The molecule has 0 bridgehead atoms. The zero-order chi connectivity index (χ0) is 7.23. The van der Waals surface area contributed by atoms with E-state index in [0.29, 0.717) is 6.61 Å². The minimum atomic E-state index is 0.686. The van der Waals surface area contributed by atoms with Crippen molar-refractivity contribution in [2.24, 2.45) is 0 Å². The van der Waals surface area contributed by atoms with Crippen molar-refractivity contribution >= 4 is 30.4 Å². The molecule has 0 aliphatic carbocycles. The number of nitrogens with zero attached hydrogens (tertiary/aromatic N) is 3. The molecule has 1 aromatic rings. The van der Waals surface area contributed by atoms with Gasteiger partial charge in [-0.3, -0.25) is 0 Å². The molecule has 0 saturated heterocycles. The zero-order valence-electron chi connectivity index (χ0n) is 5.11. The second-order valence-electron chi connectivity index (χ2n) is 1.58. The van der Waals surface area contributed by atoms with Gasteiger partial charge in [0, 0.05) is 27.8 Å². The molecule has 0 aliphatic rings. The molecule has 0 radical (unpaired) electrons. The summed E-state index contributed by atoms with van der Waals surface area (Å²) >= 11 is 2.08. The average Bonchev–Trinajstić information content (AvgIpc) is 2.41. The highest BCUT2D eigenvalue weighted by atomic mass is 127. The van der Waals surface area contributed by atoms with Gasteiger partial charge in [-0.25, -0.2) is 0 Å². The van der Waals surface area contributed by atoms with Crippen molar-refractivity contribution in [3.63, 3.8) is 0 Å². The van der Waals surface area contributed by atoms with Gasteiger partial charge in [-0.2, -0.15) is 0 Å². The van der Waals surface area contributed by atoms with Crippen molar-refractivity contribution in [2.75, 3.05) is 6.61 Å². The van der Waals surface area contributed by atoms with Gasteiger partial charge in [0.25, 0.3) is 0 Å². The Bertz CT molecular complexity index is 169. The van der Waals surface area contributed by atoms with Gasteiger partial charge in [0.05, 0.1) is 15.8 Å². The van der Waals surface area contributed by atoms with Crippen LogP contribution in [0.3, 0.4) is 0 Å². The number of aromatic nitrogens is 3. The van der Waals surface area contributed by atoms with E-state index in [1.54, 1.807) is 12.7 Å². The van der Waals surface area contributed by atoms with Crippen LogP contribution in [0.15, 0.2) is 12.7 Å².